The fourth-order valence-electron chi connectivity index (χ4n) is 3.14. The predicted octanol–water partition coefficient (Wildman–Crippen LogP) is 4.01. The number of piperazine rings is 1. The van der Waals surface area contributed by atoms with E-state index >= 15 is 0 Å². The lowest BCUT2D eigenvalue weighted by Crippen LogP contribution is -2.50. The van der Waals surface area contributed by atoms with Gasteiger partial charge in [-0.15, -0.1) is 11.3 Å². The molecule has 1 aromatic carbocycles. The molecule has 1 aliphatic rings. The van der Waals surface area contributed by atoms with E-state index in [-0.39, 0.29) is 6.09 Å². The Morgan fingerprint density at radius 3 is 2.63 bits per heavy atom. The quantitative estimate of drug-likeness (QED) is 0.699. The molecule has 2 heterocycles. The highest BCUT2D eigenvalue weighted by atomic mass is 32.1. The van der Waals surface area contributed by atoms with Crippen molar-refractivity contribution >= 4 is 27.5 Å². The molecule has 0 atom stereocenters. The Bertz CT molecular complexity index is 745. The minimum atomic E-state index is -0.435. The summed E-state index contributed by atoms with van der Waals surface area (Å²) in [6, 6.07) is 8.81. The molecule has 0 aliphatic carbocycles. The third kappa shape index (κ3) is 6.19. The SMILES string of the molecule is CC(C)(C)OC(=O)N1CCN(CCOCCc2ccc3sccc3c2)CC1. The van der Waals surface area contributed by atoms with Gasteiger partial charge in [-0.05, 0) is 55.7 Å². The lowest BCUT2D eigenvalue weighted by atomic mass is 10.1. The smallest absolute Gasteiger partial charge is 0.410 e. The van der Waals surface area contributed by atoms with Gasteiger partial charge in [-0.3, -0.25) is 4.90 Å². The van der Waals surface area contributed by atoms with Crippen LogP contribution in [0.3, 0.4) is 0 Å². The van der Waals surface area contributed by atoms with Crippen molar-refractivity contribution in [3.8, 4) is 0 Å². The van der Waals surface area contributed by atoms with Crippen LogP contribution in [-0.2, 0) is 15.9 Å². The molecule has 0 bridgehead atoms. The summed E-state index contributed by atoms with van der Waals surface area (Å²) in [5.74, 6) is 0. The molecular weight excluding hydrogens is 360 g/mol. The Morgan fingerprint density at radius 2 is 1.89 bits per heavy atom. The molecule has 0 spiro atoms. The maximum atomic E-state index is 12.1. The number of hydrogen-bond acceptors (Lipinski definition) is 5. The summed E-state index contributed by atoms with van der Waals surface area (Å²) in [6.45, 7) is 11.3. The maximum Gasteiger partial charge on any atom is 0.410 e. The van der Waals surface area contributed by atoms with E-state index in [1.54, 1.807) is 16.2 Å². The van der Waals surface area contributed by atoms with E-state index < -0.39 is 5.60 Å². The first-order valence-electron chi connectivity index (χ1n) is 9.65. The molecule has 0 saturated carbocycles. The molecule has 1 saturated heterocycles. The van der Waals surface area contributed by atoms with Gasteiger partial charge in [-0.25, -0.2) is 4.79 Å². The molecule has 5 nitrogen and oxygen atoms in total. The molecule has 148 valence electrons. The van der Waals surface area contributed by atoms with Crippen LogP contribution in [-0.4, -0.2) is 67.4 Å². The summed E-state index contributed by atoms with van der Waals surface area (Å²) >= 11 is 1.78. The van der Waals surface area contributed by atoms with Gasteiger partial charge < -0.3 is 14.4 Å². The number of amides is 1. The molecule has 2 aromatic rings. The number of nitrogens with zero attached hydrogens (tertiary/aromatic N) is 2. The van der Waals surface area contributed by atoms with E-state index in [1.165, 1.54) is 15.6 Å². The molecule has 27 heavy (non-hydrogen) atoms. The summed E-state index contributed by atoms with van der Waals surface area (Å²) in [7, 11) is 0. The summed E-state index contributed by atoms with van der Waals surface area (Å²) in [4.78, 5) is 16.2. The first-order valence-corrected chi connectivity index (χ1v) is 10.5. The lowest BCUT2D eigenvalue weighted by molar-refractivity contribution is 0.0117. The molecule has 3 rings (SSSR count). The van der Waals surface area contributed by atoms with Crippen molar-refractivity contribution in [1.29, 1.82) is 0 Å². The second-order valence-electron chi connectivity index (χ2n) is 7.96. The third-order valence-electron chi connectivity index (χ3n) is 4.63. The summed E-state index contributed by atoms with van der Waals surface area (Å²) in [5.41, 5.74) is 0.891. The summed E-state index contributed by atoms with van der Waals surface area (Å²) < 4.78 is 12.6. The van der Waals surface area contributed by atoms with Crippen molar-refractivity contribution in [2.75, 3.05) is 45.9 Å². The molecule has 0 N–H and O–H groups in total. The Hall–Kier alpha value is -1.63. The van der Waals surface area contributed by atoms with E-state index in [1.807, 2.05) is 20.8 Å². The normalized spacial score (nSPS) is 16.0. The van der Waals surface area contributed by atoms with E-state index in [0.29, 0.717) is 0 Å². The summed E-state index contributed by atoms with van der Waals surface area (Å²) in [5, 5.41) is 3.45. The lowest BCUT2D eigenvalue weighted by Gasteiger charge is -2.35. The van der Waals surface area contributed by atoms with E-state index in [0.717, 1.165) is 52.4 Å². The number of benzene rings is 1. The molecule has 1 amide bonds. The van der Waals surface area contributed by atoms with Crippen molar-refractivity contribution in [3.63, 3.8) is 0 Å². The zero-order chi connectivity index (χ0) is 19.3. The van der Waals surface area contributed by atoms with Crippen LogP contribution < -0.4 is 0 Å². The Balaban J connectivity index is 1.29. The standard InChI is InChI=1S/C21H30N2O3S/c1-21(2,3)26-20(24)23-10-8-22(9-11-23)12-14-25-13-6-17-4-5-19-18(16-17)7-15-27-19/h4-5,7,15-16H,6,8-14H2,1-3H3. The van der Waals surface area contributed by atoms with Gasteiger partial charge in [0.15, 0.2) is 0 Å². The monoisotopic (exact) mass is 390 g/mol. The number of ether oxygens (including phenoxy) is 2. The number of thiophene rings is 1. The highest BCUT2D eigenvalue weighted by Gasteiger charge is 2.25. The highest BCUT2D eigenvalue weighted by Crippen LogP contribution is 2.21. The minimum absolute atomic E-state index is 0.207. The van der Waals surface area contributed by atoms with Gasteiger partial charge in [0.1, 0.15) is 5.60 Å². The molecule has 1 aliphatic heterocycles. The Morgan fingerprint density at radius 1 is 1.11 bits per heavy atom. The average Bonchev–Trinajstić information content (AvgIpc) is 3.08. The molecule has 6 heteroatoms. The van der Waals surface area contributed by atoms with Gasteiger partial charge in [0.05, 0.1) is 13.2 Å². The third-order valence-corrected chi connectivity index (χ3v) is 5.53. The van der Waals surface area contributed by atoms with Crippen LogP contribution in [0.25, 0.3) is 10.1 Å². The Labute approximate surface area is 165 Å². The average molecular weight is 391 g/mol. The van der Waals surface area contributed by atoms with Crippen LogP contribution in [0.5, 0.6) is 0 Å². The van der Waals surface area contributed by atoms with Gasteiger partial charge in [-0.1, -0.05) is 12.1 Å². The fraction of sp³-hybridized carbons (Fsp3) is 0.571. The molecule has 0 radical (unpaired) electrons. The van der Waals surface area contributed by atoms with Gasteiger partial charge in [-0.2, -0.15) is 0 Å². The van der Waals surface area contributed by atoms with Gasteiger partial charge in [0.25, 0.3) is 0 Å². The van der Waals surface area contributed by atoms with Crippen molar-refractivity contribution in [3.05, 3.63) is 35.2 Å². The van der Waals surface area contributed by atoms with Crippen LogP contribution >= 0.6 is 11.3 Å². The Kier molecular flexibility index (Phi) is 6.73. The van der Waals surface area contributed by atoms with Gasteiger partial charge in [0, 0.05) is 37.4 Å². The maximum absolute atomic E-state index is 12.1. The first kappa shape index (κ1) is 20.1. The van der Waals surface area contributed by atoms with Crippen LogP contribution in [0.2, 0.25) is 0 Å². The molecule has 0 unspecified atom stereocenters. The first-order chi connectivity index (χ1) is 12.9. The molecular formula is C21H30N2O3S. The van der Waals surface area contributed by atoms with E-state index in [4.69, 9.17) is 9.47 Å². The summed E-state index contributed by atoms with van der Waals surface area (Å²) in [6.07, 6.45) is 0.735. The van der Waals surface area contributed by atoms with E-state index in [9.17, 15) is 4.79 Å². The van der Waals surface area contributed by atoms with Crippen molar-refractivity contribution < 1.29 is 14.3 Å². The highest BCUT2D eigenvalue weighted by molar-refractivity contribution is 7.17. The largest absolute Gasteiger partial charge is 0.444 e. The van der Waals surface area contributed by atoms with Crippen molar-refractivity contribution in [2.45, 2.75) is 32.8 Å². The van der Waals surface area contributed by atoms with Crippen LogP contribution in [0.15, 0.2) is 29.6 Å². The number of hydrogen-bond donors (Lipinski definition) is 0. The van der Waals surface area contributed by atoms with Gasteiger partial charge >= 0.3 is 6.09 Å². The zero-order valence-electron chi connectivity index (χ0n) is 16.6. The number of carbonyl (C=O) groups excluding carboxylic acids is 1. The van der Waals surface area contributed by atoms with Crippen LogP contribution in [0, 0.1) is 0 Å². The fourth-order valence-corrected chi connectivity index (χ4v) is 3.91. The zero-order valence-corrected chi connectivity index (χ0v) is 17.4. The van der Waals surface area contributed by atoms with Crippen molar-refractivity contribution in [1.82, 2.24) is 9.80 Å². The minimum Gasteiger partial charge on any atom is -0.444 e. The van der Waals surface area contributed by atoms with Crippen LogP contribution in [0.4, 0.5) is 4.79 Å². The second kappa shape index (κ2) is 9.04. The molecule has 1 aromatic heterocycles. The van der Waals surface area contributed by atoms with E-state index in [2.05, 4.69) is 34.5 Å². The molecule has 1 fully saturated rings. The number of carbonyl (C=O) groups is 1. The second-order valence-corrected chi connectivity index (χ2v) is 8.91. The number of fused-ring (bicyclic) bond motifs is 1. The van der Waals surface area contributed by atoms with Crippen LogP contribution in [0.1, 0.15) is 26.3 Å². The van der Waals surface area contributed by atoms with Gasteiger partial charge in [0.2, 0.25) is 0 Å². The predicted molar refractivity (Wildman–Crippen MR) is 111 cm³/mol. The number of rotatable bonds is 6. The van der Waals surface area contributed by atoms with Crippen molar-refractivity contribution in [2.24, 2.45) is 0 Å². The topological polar surface area (TPSA) is 42.0 Å².